The second-order valence-corrected chi connectivity index (χ2v) is 8.34. The van der Waals surface area contributed by atoms with Crippen molar-refractivity contribution >= 4 is 0 Å². The maximum atomic E-state index is 6.65. The van der Waals surface area contributed by atoms with E-state index in [0.29, 0.717) is 11.8 Å². The molecule has 0 saturated carbocycles. The van der Waals surface area contributed by atoms with Gasteiger partial charge in [-0.3, -0.25) is 0 Å². The molecule has 0 amide bonds. The Kier molecular flexibility index (Phi) is 7.60. The zero-order valence-corrected chi connectivity index (χ0v) is 17.8. The lowest BCUT2D eigenvalue weighted by Gasteiger charge is -2.25. The van der Waals surface area contributed by atoms with Gasteiger partial charge in [-0.1, -0.05) is 64.1 Å². The molecular weight excluding hydrogens is 330 g/mol. The Bertz CT molecular complexity index is 703. The smallest absolute Gasteiger partial charge is 0.0427 e. The fraction of sp³-hybridized carbons (Fsp3) is 0.500. The molecule has 0 heterocycles. The number of rotatable bonds is 8. The van der Waals surface area contributed by atoms with E-state index >= 15 is 0 Å². The van der Waals surface area contributed by atoms with Crippen molar-refractivity contribution in [3.05, 3.63) is 69.8 Å². The van der Waals surface area contributed by atoms with Gasteiger partial charge in [0.2, 0.25) is 0 Å². The number of nitrogens with two attached hydrogens (primary N) is 2. The van der Waals surface area contributed by atoms with Crippen LogP contribution in [0, 0.1) is 13.8 Å². The Morgan fingerprint density at radius 2 is 1.11 bits per heavy atom. The van der Waals surface area contributed by atoms with Crippen LogP contribution in [-0.4, -0.2) is 13.1 Å². The summed E-state index contributed by atoms with van der Waals surface area (Å²) in [6.45, 7) is 14.6. The molecule has 0 spiro atoms. The van der Waals surface area contributed by atoms with Crippen LogP contribution >= 0.6 is 0 Å². The number of nitrogens with one attached hydrogen (secondary N) is 1. The largest absolute Gasteiger partial charge is 0.323 e. The van der Waals surface area contributed by atoms with Gasteiger partial charge in [0.1, 0.15) is 0 Å². The summed E-state index contributed by atoms with van der Waals surface area (Å²) in [5.74, 6) is 0.920. The van der Waals surface area contributed by atoms with Crippen LogP contribution < -0.4 is 16.8 Å². The monoisotopic (exact) mass is 367 g/mol. The van der Waals surface area contributed by atoms with Gasteiger partial charge in [-0.2, -0.15) is 0 Å². The summed E-state index contributed by atoms with van der Waals surface area (Å²) in [7, 11) is 0. The van der Waals surface area contributed by atoms with Crippen LogP contribution in [0.1, 0.15) is 85.0 Å². The van der Waals surface area contributed by atoms with Crippen LogP contribution in [0.2, 0.25) is 0 Å². The Labute approximate surface area is 165 Å². The zero-order chi connectivity index (χ0) is 20.1. The molecule has 5 N–H and O–H groups in total. The third kappa shape index (κ3) is 5.19. The molecule has 3 heteroatoms. The van der Waals surface area contributed by atoms with E-state index in [0.717, 1.165) is 13.1 Å². The first-order chi connectivity index (χ1) is 12.7. The van der Waals surface area contributed by atoms with Crippen molar-refractivity contribution in [1.82, 2.24) is 5.32 Å². The quantitative estimate of drug-likeness (QED) is 0.625. The summed E-state index contributed by atoms with van der Waals surface area (Å²) >= 11 is 0. The van der Waals surface area contributed by atoms with Crippen LogP contribution in [-0.2, 0) is 0 Å². The summed E-state index contributed by atoms with van der Waals surface area (Å²) in [6, 6.07) is 12.9. The molecular formula is C24H37N3. The fourth-order valence-corrected chi connectivity index (χ4v) is 4.05. The number of hydrogen-bond acceptors (Lipinski definition) is 3. The van der Waals surface area contributed by atoms with Gasteiger partial charge in [0.25, 0.3) is 0 Å². The highest BCUT2D eigenvalue weighted by molar-refractivity contribution is 5.41. The molecule has 0 aliphatic rings. The van der Waals surface area contributed by atoms with Crippen molar-refractivity contribution in [1.29, 1.82) is 0 Å². The summed E-state index contributed by atoms with van der Waals surface area (Å²) in [6.07, 6.45) is 0. The van der Waals surface area contributed by atoms with Gasteiger partial charge in [0.15, 0.2) is 0 Å². The van der Waals surface area contributed by atoms with E-state index in [9.17, 15) is 0 Å². The van der Waals surface area contributed by atoms with Crippen molar-refractivity contribution in [3.63, 3.8) is 0 Å². The SMILES string of the molecule is Cc1cccc(C)c1C(N)CNCC(N)c1c(C(C)C)cccc1C(C)C. The third-order valence-corrected chi connectivity index (χ3v) is 5.43. The first-order valence-corrected chi connectivity index (χ1v) is 10.1. The van der Waals surface area contributed by atoms with Gasteiger partial charge in [-0.05, 0) is 59.1 Å². The Balaban J connectivity index is 2.11. The molecule has 2 aromatic rings. The van der Waals surface area contributed by atoms with E-state index in [2.05, 4.69) is 83.3 Å². The first-order valence-electron chi connectivity index (χ1n) is 10.1. The highest BCUT2D eigenvalue weighted by Gasteiger charge is 2.19. The second-order valence-electron chi connectivity index (χ2n) is 8.34. The summed E-state index contributed by atoms with van der Waals surface area (Å²) in [4.78, 5) is 0. The van der Waals surface area contributed by atoms with E-state index in [1.54, 1.807) is 0 Å². The van der Waals surface area contributed by atoms with Crippen LogP contribution in [0.3, 0.4) is 0 Å². The van der Waals surface area contributed by atoms with Crippen molar-refractivity contribution in [2.24, 2.45) is 11.5 Å². The van der Waals surface area contributed by atoms with Crippen LogP contribution in [0.15, 0.2) is 36.4 Å². The van der Waals surface area contributed by atoms with E-state index in [-0.39, 0.29) is 12.1 Å². The minimum Gasteiger partial charge on any atom is -0.323 e. The number of benzene rings is 2. The predicted molar refractivity (Wildman–Crippen MR) is 117 cm³/mol. The summed E-state index contributed by atoms with van der Waals surface area (Å²) in [5.41, 5.74) is 20.9. The maximum Gasteiger partial charge on any atom is 0.0427 e. The maximum absolute atomic E-state index is 6.65. The molecule has 3 nitrogen and oxygen atoms in total. The van der Waals surface area contributed by atoms with Gasteiger partial charge in [0, 0.05) is 25.2 Å². The van der Waals surface area contributed by atoms with Gasteiger partial charge in [0.05, 0.1) is 0 Å². The molecule has 148 valence electrons. The summed E-state index contributed by atoms with van der Waals surface area (Å²) in [5, 5.41) is 3.52. The molecule has 2 unspecified atom stereocenters. The minimum absolute atomic E-state index is 0.0247. The lowest BCUT2D eigenvalue weighted by molar-refractivity contribution is 0.543. The Morgan fingerprint density at radius 3 is 1.56 bits per heavy atom. The van der Waals surface area contributed by atoms with Crippen molar-refractivity contribution in [3.8, 4) is 0 Å². The van der Waals surface area contributed by atoms with Crippen molar-refractivity contribution < 1.29 is 0 Å². The first kappa shape index (κ1) is 21.6. The standard InChI is InChI=1S/C24H37N3/c1-15(2)19-11-8-12-20(16(3)4)24(19)22(26)14-27-13-21(25)23-17(5)9-7-10-18(23)6/h7-12,15-16,21-22,27H,13-14,25-26H2,1-6H3. The molecule has 0 saturated heterocycles. The Hall–Kier alpha value is -1.68. The van der Waals surface area contributed by atoms with Crippen LogP contribution in [0.25, 0.3) is 0 Å². The molecule has 0 bridgehead atoms. The van der Waals surface area contributed by atoms with Gasteiger partial charge in [-0.15, -0.1) is 0 Å². The lowest BCUT2D eigenvalue weighted by Crippen LogP contribution is -2.34. The van der Waals surface area contributed by atoms with Crippen molar-refractivity contribution in [2.75, 3.05) is 13.1 Å². The van der Waals surface area contributed by atoms with Crippen LogP contribution in [0.5, 0.6) is 0 Å². The average Bonchev–Trinajstić information content (AvgIpc) is 2.60. The average molecular weight is 368 g/mol. The van der Waals surface area contributed by atoms with E-state index < -0.39 is 0 Å². The minimum atomic E-state index is -0.0360. The normalized spacial score (nSPS) is 14.0. The zero-order valence-electron chi connectivity index (χ0n) is 17.8. The third-order valence-electron chi connectivity index (χ3n) is 5.43. The molecule has 0 aliphatic heterocycles. The van der Waals surface area contributed by atoms with E-state index in [1.807, 2.05) is 0 Å². The topological polar surface area (TPSA) is 64.1 Å². The van der Waals surface area contributed by atoms with Gasteiger partial charge in [-0.25, -0.2) is 0 Å². The molecule has 2 aromatic carbocycles. The number of hydrogen-bond donors (Lipinski definition) is 3. The Morgan fingerprint density at radius 1 is 0.704 bits per heavy atom. The molecule has 0 radical (unpaired) electrons. The molecule has 2 atom stereocenters. The molecule has 27 heavy (non-hydrogen) atoms. The lowest BCUT2D eigenvalue weighted by atomic mass is 9.85. The van der Waals surface area contributed by atoms with E-state index in [1.165, 1.54) is 33.4 Å². The van der Waals surface area contributed by atoms with Crippen LogP contribution in [0.4, 0.5) is 0 Å². The van der Waals surface area contributed by atoms with E-state index in [4.69, 9.17) is 11.5 Å². The molecule has 0 aliphatic carbocycles. The highest BCUT2D eigenvalue weighted by Crippen LogP contribution is 2.31. The second kappa shape index (κ2) is 9.50. The van der Waals surface area contributed by atoms with Gasteiger partial charge >= 0.3 is 0 Å². The number of aryl methyl sites for hydroxylation is 2. The highest BCUT2D eigenvalue weighted by atomic mass is 14.9. The van der Waals surface area contributed by atoms with Gasteiger partial charge < -0.3 is 16.8 Å². The fourth-order valence-electron chi connectivity index (χ4n) is 4.05. The van der Waals surface area contributed by atoms with Crippen molar-refractivity contribution in [2.45, 2.75) is 65.5 Å². The molecule has 0 aromatic heterocycles. The molecule has 2 rings (SSSR count). The summed E-state index contributed by atoms with van der Waals surface area (Å²) < 4.78 is 0. The molecule has 0 fully saturated rings. The predicted octanol–water partition coefficient (Wildman–Crippen LogP) is 4.84.